The third-order valence-electron chi connectivity index (χ3n) is 2.95. The summed E-state index contributed by atoms with van der Waals surface area (Å²) in [5.41, 5.74) is 3.91. The minimum Gasteiger partial charge on any atom is -0.322 e. The van der Waals surface area contributed by atoms with Gasteiger partial charge in [-0.25, -0.2) is 0 Å². The molecule has 2 aromatic rings. The minimum atomic E-state index is -0.156. The standard InChI is InChI=1S/C17H16ClNO/c1-12-3-5-14(6-4-12)7-10-17(20)19-16-9-8-15(18)11-13(16)2/h3-11H,1-2H3,(H,19,20)/b10-7+. The van der Waals surface area contributed by atoms with Gasteiger partial charge < -0.3 is 5.32 Å². The van der Waals surface area contributed by atoms with Gasteiger partial charge in [-0.3, -0.25) is 4.79 Å². The third-order valence-corrected chi connectivity index (χ3v) is 3.19. The first-order chi connectivity index (χ1) is 9.54. The SMILES string of the molecule is Cc1ccc(/C=C/C(=O)Nc2ccc(Cl)cc2C)cc1. The van der Waals surface area contributed by atoms with Crippen molar-refractivity contribution in [3.8, 4) is 0 Å². The molecule has 0 heterocycles. The van der Waals surface area contributed by atoms with Gasteiger partial charge in [-0.15, -0.1) is 0 Å². The van der Waals surface area contributed by atoms with Crippen molar-refractivity contribution in [2.75, 3.05) is 5.32 Å². The summed E-state index contributed by atoms with van der Waals surface area (Å²) < 4.78 is 0. The number of aryl methyl sites for hydroxylation is 2. The van der Waals surface area contributed by atoms with Gasteiger partial charge in [-0.05, 0) is 49.2 Å². The van der Waals surface area contributed by atoms with Crippen molar-refractivity contribution in [2.45, 2.75) is 13.8 Å². The van der Waals surface area contributed by atoms with Crippen molar-refractivity contribution in [1.29, 1.82) is 0 Å². The second kappa shape index (κ2) is 6.40. The number of rotatable bonds is 3. The summed E-state index contributed by atoms with van der Waals surface area (Å²) in [6.45, 7) is 3.94. The highest BCUT2D eigenvalue weighted by atomic mass is 35.5. The Kier molecular flexibility index (Phi) is 4.59. The van der Waals surface area contributed by atoms with E-state index in [9.17, 15) is 4.79 Å². The topological polar surface area (TPSA) is 29.1 Å². The van der Waals surface area contributed by atoms with Gasteiger partial charge in [0.05, 0.1) is 0 Å². The summed E-state index contributed by atoms with van der Waals surface area (Å²) in [5, 5.41) is 3.50. The zero-order valence-electron chi connectivity index (χ0n) is 11.5. The average molecular weight is 286 g/mol. The van der Waals surface area contributed by atoms with Crippen LogP contribution in [0.3, 0.4) is 0 Å². The number of hydrogen-bond acceptors (Lipinski definition) is 1. The van der Waals surface area contributed by atoms with Crippen LogP contribution < -0.4 is 5.32 Å². The van der Waals surface area contributed by atoms with Crippen LogP contribution in [0, 0.1) is 13.8 Å². The molecule has 20 heavy (non-hydrogen) atoms. The summed E-state index contributed by atoms with van der Waals surface area (Å²) in [5.74, 6) is -0.156. The Morgan fingerprint density at radius 1 is 1.10 bits per heavy atom. The van der Waals surface area contributed by atoms with E-state index in [0.717, 1.165) is 16.8 Å². The molecule has 2 rings (SSSR count). The predicted molar refractivity (Wildman–Crippen MR) is 85.0 cm³/mol. The first kappa shape index (κ1) is 14.4. The number of benzene rings is 2. The fraction of sp³-hybridized carbons (Fsp3) is 0.118. The smallest absolute Gasteiger partial charge is 0.248 e. The highest BCUT2D eigenvalue weighted by molar-refractivity contribution is 6.30. The number of anilines is 1. The first-order valence-electron chi connectivity index (χ1n) is 6.36. The molecule has 0 spiro atoms. The van der Waals surface area contributed by atoms with E-state index in [0.29, 0.717) is 5.02 Å². The van der Waals surface area contributed by atoms with E-state index in [1.807, 2.05) is 44.2 Å². The van der Waals surface area contributed by atoms with E-state index >= 15 is 0 Å². The second-order valence-electron chi connectivity index (χ2n) is 4.69. The average Bonchev–Trinajstić information content (AvgIpc) is 2.41. The van der Waals surface area contributed by atoms with Crippen LogP contribution in [-0.2, 0) is 4.79 Å². The molecule has 0 bridgehead atoms. The van der Waals surface area contributed by atoms with E-state index in [2.05, 4.69) is 5.32 Å². The Labute approximate surface area is 124 Å². The van der Waals surface area contributed by atoms with E-state index in [1.54, 1.807) is 18.2 Å². The van der Waals surface area contributed by atoms with Gasteiger partial charge in [-0.1, -0.05) is 41.4 Å². The molecule has 0 saturated carbocycles. The Bertz CT molecular complexity index is 645. The van der Waals surface area contributed by atoms with E-state index in [4.69, 9.17) is 11.6 Å². The van der Waals surface area contributed by atoms with Gasteiger partial charge in [0, 0.05) is 16.8 Å². The van der Waals surface area contributed by atoms with Crippen LogP contribution >= 0.6 is 11.6 Å². The largest absolute Gasteiger partial charge is 0.322 e. The Hall–Kier alpha value is -2.06. The van der Waals surface area contributed by atoms with Crippen molar-refractivity contribution in [3.05, 3.63) is 70.3 Å². The Balaban J connectivity index is 2.03. The lowest BCUT2D eigenvalue weighted by Crippen LogP contribution is -2.08. The number of nitrogens with one attached hydrogen (secondary N) is 1. The number of halogens is 1. The van der Waals surface area contributed by atoms with Crippen LogP contribution in [0.1, 0.15) is 16.7 Å². The summed E-state index contributed by atoms with van der Waals surface area (Å²) >= 11 is 5.88. The van der Waals surface area contributed by atoms with Gasteiger partial charge >= 0.3 is 0 Å². The summed E-state index contributed by atoms with van der Waals surface area (Å²) in [6.07, 6.45) is 3.32. The van der Waals surface area contributed by atoms with Gasteiger partial charge in [0.15, 0.2) is 0 Å². The zero-order valence-corrected chi connectivity index (χ0v) is 12.2. The molecule has 0 aliphatic heterocycles. The molecule has 102 valence electrons. The molecule has 3 heteroatoms. The fourth-order valence-corrected chi connectivity index (χ4v) is 2.02. The normalized spacial score (nSPS) is 10.8. The summed E-state index contributed by atoms with van der Waals surface area (Å²) in [4.78, 5) is 11.9. The maximum atomic E-state index is 11.9. The molecule has 0 aliphatic carbocycles. The van der Waals surface area contributed by atoms with Gasteiger partial charge in [0.1, 0.15) is 0 Å². The van der Waals surface area contributed by atoms with E-state index < -0.39 is 0 Å². The lowest BCUT2D eigenvalue weighted by molar-refractivity contribution is -0.111. The zero-order chi connectivity index (χ0) is 14.5. The predicted octanol–water partition coefficient (Wildman–Crippen LogP) is 4.61. The molecular weight excluding hydrogens is 270 g/mol. The fourth-order valence-electron chi connectivity index (χ4n) is 1.79. The molecule has 1 amide bonds. The van der Waals surface area contributed by atoms with Crippen molar-refractivity contribution >= 4 is 29.3 Å². The van der Waals surface area contributed by atoms with Crippen LogP contribution in [0.4, 0.5) is 5.69 Å². The Morgan fingerprint density at radius 2 is 1.80 bits per heavy atom. The van der Waals surface area contributed by atoms with Crippen molar-refractivity contribution in [1.82, 2.24) is 0 Å². The highest BCUT2D eigenvalue weighted by Crippen LogP contribution is 2.19. The molecule has 2 nitrogen and oxygen atoms in total. The van der Waals surface area contributed by atoms with Crippen LogP contribution in [-0.4, -0.2) is 5.91 Å². The van der Waals surface area contributed by atoms with Crippen LogP contribution in [0.25, 0.3) is 6.08 Å². The molecule has 0 aliphatic rings. The minimum absolute atomic E-state index is 0.156. The third kappa shape index (κ3) is 3.97. The van der Waals surface area contributed by atoms with Crippen LogP contribution in [0.5, 0.6) is 0 Å². The van der Waals surface area contributed by atoms with Gasteiger partial charge in [-0.2, -0.15) is 0 Å². The van der Waals surface area contributed by atoms with Crippen LogP contribution in [0.2, 0.25) is 5.02 Å². The molecule has 0 radical (unpaired) electrons. The molecule has 0 fully saturated rings. The molecule has 1 N–H and O–H groups in total. The van der Waals surface area contributed by atoms with Gasteiger partial charge in [0.25, 0.3) is 0 Å². The summed E-state index contributed by atoms with van der Waals surface area (Å²) in [7, 11) is 0. The van der Waals surface area contributed by atoms with Crippen molar-refractivity contribution < 1.29 is 4.79 Å². The number of hydrogen-bond donors (Lipinski definition) is 1. The highest BCUT2D eigenvalue weighted by Gasteiger charge is 2.02. The lowest BCUT2D eigenvalue weighted by atomic mass is 10.1. The number of amides is 1. The Morgan fingerprint density at radius 3 is 2.45 bits per heavy atom. The maximum Gasteiger partial charge on any atom is 0.248 e. The molecule has 0 saturated heterocycles. The second-order valence-corrected chi connectivity index (χ2v) is 5.13. The van der Waals surface area contributed by atoms with Gasteiger partial charge in [0.2, 0.25) is 5.91 Å². The maximum absolute atomic E-state index is 11.9. The molecule has 0 aromatic heterocycles. The number of carbonyl (C=O) groups excluding carboxylic acids is 1. The van der Waals surface area contributed by atoms with E-state index in [-0.39, 0.29) is 5.91 Å². The van der Waals surface area contributed by atoms with E-state index in [1.165, 1.54) is 11.6 Å². The quantitative estimate of drug-likeness (QED) is 0.820. The summed E-state index contributed by atoms with van der Waals surface area (Å²) in [6, 6.07) is 13.4. The van der Waals surface area contributed by atoms with Crippen molar-refractivity contribution in [2.24, 2.45) is 0 Å². The van der Waals surface area contributed by atoms with Crippen LogP contribution in [0.15, 0.2) is 48.5 Å². The first-order valence-corrected chi connectivity index (χ1v) is 6.74. The van der Waals surface area contributed by atoms with Crippen molar-refractivity contribution in [3.63, 3.8) is 0 Å². The molecule has 2 aromatic carbocycles. The lowest BCUT2D eigenvalue weighted by Gasteiger charge is -2.06. The molecule has 0 atom stereocenters. The number of carbonyl (C=O) groups is 1. The molecular formula is C17H16ClNO. The molecule has 0 unspecified atom stereocenters. The monoisotopic (exact) mass is 285 g/mol.